The van der Waals surface area contributed by atoms with Gasteiger partial charge in [0.05, 0.1) is 0 Å². The smallest absolute Gasteiger partial charge is 0.274 e. The van der Waals surface area contributed by atoms with E-state index in [1.807, 2.05) is 43.3 Å². The van der Waals surface area contributed by atoms with Gasteiger partial charge in [0.25, 0.3) is 5.91 Å². The van der Waals surface area contributed by atoms with Crippen molar-refractivity contribution in [2.24, 2.45) is 0 Å². The Morgan fingerprint density at radius 1 is 1.04 bits per heavy atom. The molecular formula is C21H20ClN3O. The predicted molar refractivity (Wildman–Crippen MR) is 107 cm³/mol. The van der Waals surface area contributed by atoms with Crippen LogP contribution in [-0.2, 0) is 0 Å². The van der Waals surface area contributed by atoms with Crippen LogP contribution in [0.1, 0.15) is 34.6 Å². The highest BCUT2D eigenvalue weighted by atomic mass is 35.5. The minimum absolute atomic E-state index is 0.116. The number of benzene rings is 2. The molecule has 3 aromatic rings. The van der Waals surface area contributed by atoms with Crippen LogP contribution in [0.2, 0.25) is 5.02 Å². The third kappa shape index (κ3) is 4.41. The SMILES string of the molecule is Cc1ccc(NC(=O)c2cc(NC(C)c3ccccc3)ccn2)cc1Cl. The lowest BCUT2D eigenvalue weighted by atomic mass is 10.1. The molecule has 0 spiro atoms. The van der Waals surface area contributed by atoms with Crippen LogP contribution in [0, 0.1) is 6.92 Å². The maximum atomic E-state index is 12.5. The fourth-order valence-corrected chi connectivity index (χ4v) is 2.77. The summed E-state index contributed by atoms with van der Waals surface area (Å²) >= 11 is 6.11. The average molecular weight is 366 g/mol. The van der Waals surface area contributed by atoms with Gasteiger partial charge in [-0.2, -0.15) is 0 Å². The molecule has 1 aromatic heterocycles. The topological polar surface area (TPSA) is 54.0 Å². The third-order valence-corrected chi connectivity index (χ3v) is 4.51. The van der Waals surface area contributed by atoms with Crippen molar-refractivity contribution in [3.8, 4) is 0 Å². The molecule has 5 heteroatoms. The van der Waals surface area contributed by atoms with Crippen LogP contribution in [0.15, 0.2) is 66.9 Å². The number of aromatic nitrogens is 1. The largest absolute Gasteiger partial charge is 0.378 e. The maximum Gasteiger partial charge on any atom is 0.274 e. The molecule has 1 amide bonds. The minimum atomic E-state index is -0.277. The first-order valence-electron chi connectivity index (χ1n) is 8.38. The first-order valence-corrected chi connectivity index (χ1v) is 8.76. The Morgan fingerprint density at radius 3 is 2.54 bits per heavy atom. The standard InChI is InChI=1S/C21H20ClN3O/c1-14-8-9-17(12-19(14)22)25-21(26)20-13-18(10-11-23-20)24-15(2)16-6-4-3-5-7-16/h3-13,15H,1-2H3,(H,23,24)(H,25,26). The van der Waals surface area contributed by atoms with Crippen LogP contribution in [-0.4, -0.2) is 10.9 Å². The van der Waals surface area contributed by atoms with E-state index in [9.17, 15) is 4.79 Å². The molecule has 0 bridgehead atoms. The molecule has 0 aliphatic heterocycles. The quantitative estimate of drug-likeness (QED) is 0.630. The molecule has 4 nitrogen and oxygen atoms in total. The summed E-state index contributed by atoms with van der Waals surface area (Å²) in [5.74, 6) is -0.277. The van der Waals surface area contributed by atoms with Gasteiger partial charge in [-0.3, -0.25) is 9.78 Å². The molecule has 0 fully saturated rings. The molecule has 1 heterocycles. The number of nitrogens with zero attached hydrogens (tertiary/aromatic N) is 1. The Kier molecular flexibility index (Phi) is 5.54. The van der Waals surface area contributed by atoms with E-state index in [1.54, 1.807) is 18.3 Å². The Morgan fingerprint density at radius 2 is 1.81 bits per heavy atom. The van der Waals surface area contributed by atoms with Crippen LogP contribution >= 0.6 is 11.6 Å². The summed E-state index contributed by atoms with van der Waals surface area (Å²) in [7, 11) is 0. The first kappa shape index (κ1) is 18.0. The average Bonchev–Trinajstić information content (AvgIpc) is 2.65. The summed E-state index contributed by atoms with van der Waals surface area (Å²) in [5.41, 5.74) is 3.95. The van der Waals surface area contributed by atoms with E-state index < -0.39 is 0 Å². The van der Waals surface area contributed by atoms with Gasteiger partial charge in [0, 0.05) is 28.6 Å². The number of anilines is 2. The van der Waals surface area contributed by atoms with Gasteiger partial charge in [0.2, 0.25) is 0 Å². The zero-order valence-electron chi connectivity index (χ0n) is 14.7. The van der Waals surface area contributed by atoms with Crippen molar-refractivity contribution in [2.75, 3.05) is 10.6 Å². The lowest BCUT2D eigenvalue weighted by molar-refractivity contribution is 0.102. The van der Waals surface area contributed by atoms with E-state index in [-0.39, 0.29) is 11.9 Å². The minimum Gasteiger partial charge on any atom is -0.378 e. The fraction of sp³-hybridized carbons (Fsp3) is 0.143. The molecule has 0 aliphatic rings. The van der Waals surface area contributed by atoms with Crippen LogP contribution in [0.5, 0.6) is 0 Å². The van der Waals surface area contributed by atoms with Crippen LogP contribution in [0.3, 0.4) is 0 Å². The van der Waals surface area contributed by atoms with Crippen molar-refractivity contribution in [3.05, 3.63) is 88.7 Å². The molecule has 1 unspecified atom stereocenters. The highest BCUT2D eigenvalue weighted by Crippen LogP contribution is 2.22. The lowest BCUT2D eigenvalue weighted by Gasteiger charge is -2.16. The van der Waals surface area contributed by atoms with Gasteiger partial charge < -0.3 is 10.6 Å². The summed E-state index contributed by atoms with van der Waals surface area (Å²) in [6.45, 7) is 3.99. The second-order valence-electron chi connectivity index (χ2n) is 6.12. The highest BCUT2D eigenvalue weighted by Gasteiger charge is 2.11. The second-order valence-corrected chi connectivity index (χ2v) is 6.53. The van der Waals surface area contributed by atoms with Crippen molar-refractivity contribution in [1.29, 1.82) is 0 Å². The zero-order valence-corrected chi connectivity index (χ0v) is 15.4. The van der Waals surface area contributed by atoms with Gasteiger partial charge in [-0.1, -0.05) is 48.0 Å². The molecule has 132 valence electrons. The Bertz CT molecular complexity index is 912. The first-order chi connectivity index (χ1) is 12.5. The number of hydrogen-bond donors (Lipinski definition) is 2. The van der Waals surface area contributed by atoms with Crippen LogP contribution < -0.4 is 10.6 Å². The van der Waals surface area contributed by atoms with Gasteiger partial charge in [-0.05, 0) is 49.2 Å². The van der Waals surface area contributed by atoms with Crippen LogP contribution in [0.4, 0.5) is 11.4 Å². The van der Waals surface area contributed by atoms with Crippen molar-refractivity contribution >= 4 is 28.9 Å². The van der Waals surface area contributed by atoms with Crippen molar-refractivity contribution in [2.45, 2.75) is 19.9 Å². The van der Waals surface area contributed by atoms with E-state index in [1.165, 1.54) is 5.56 Å². The Labute approximate surface area is 158 Å². The molecule has 0 radical (unpaired) electrons. The number of carbonyl (C=O) groups excluding carboxylic acids is 1. The van der Waals surface area contributed by atoms with Gasteiger partial charge in [0.1, 0.15) is 5.69 Å². The second kappa shape index (κ2) is 8.02. The molecule has 0 saturated heterocycles. The summed E-state index contributed by atoms with van der Waals surface area (Å²) in [6.07, 6.45) is 1.62. The Hall–Kier alpha value is -2.85. The number of pyridine rings is 1. The van der Waals surface area contributed by atoms with Gasteiger partial charge in [-0.15, -0.1) is 0 Å². The molecule has 0 aliphatic carbocycles. The summed E-state index contributed by atoms with van der Waals surface area (Å²) < 4.78 is 0. The van der Waals surface area contributed by atoms with Crippen LogP contribution in [0.25, 0.3) is 0 Å². The number of rotatable bonds is 5. The summed E-state index contributed by atoms with van der Waals surface area (Å²) in [5, 5.41) is 6.83. The number of aryl methyl sites for hydroxylation is 1. The molecule has 3 rings (SSSR count). The van der Waals surface area contributed by atoms with E-state index >= 15 is 0 Å². The van der Waals surface area contributed by atoms with E-state index in [4.69, 9.17) is 11.6 Å². The summed E-state index contributed by atoms with van der Waals surface area (Å²) in [6, 6.07) is 19.2. The zero-order chi connectivity index (χ0) is 18.5. The van der Waals surface area contributed by atoms with E-state index in [2.05, 4.69) is 34.7 Å². The van der Waals surface area contributed by atoms with Crippen molar-refractivity contribution in [1.82, 2.24) is 4.98 Å². The molecule has 2 N–H and O–H groups in total. The normalized spacial score (nSPS) is 11.7. The number of carbonyl (C=O) groups is 1. The number of amides is 1. The van der Waals surface area contributed by atoms with E-state index in [0.717, 1.165) is 11.3 Å². The Balaban J connectivity index is 1.72. The van der Waals surface area contributed by atoms with Gasteiger partial charge in [-0.25, -0.2) is 0 Å². The number of hydrogen-bond acceptors (Lipinski definition) is 3. The summed E-state index contributed by atoms with van der Waals surface area (Å²) in [4.78, 5) is 16.6. The maximum absolute atomic E-state index is 12.5. The molecule has 0 saturated carbocycles. The van der Waals surface area contributed by atoms with Crippen molar-refractivity contribution in [3.63, 3.8) is 0 Å². The fourth-order valence-electron chi connectivity index (χ4n) is 2.59. The molecule has 2 aromatic carbocycles. The molecule has 1 atom stereocenters. The van der Waals surface area contributed by atoms with Gasteiger partial charge in [0.15, 0.2) is 0 Å². The van der Waals surface area contributed by atoms with Gasteiger partial charge >= 0.3 is 0 Å². The predicted octanol–water partition coefficient (Wildman–Crippen LogP) is 5.47. The third-order valence-electron chi connectivity index (χ3n) is 4.11. The van der Waals surface area contributed by atoms with E-state index in [0.29, 0.717) is 16.4 Å². The number of nitrogens with one attached hydrogen (secondary N) is 2. The monoisotopic (exact) mass is 365 g/mol. The molecule has 26 heavy (non-hydrogen) atoms. The number of halogens is 1. The molecular weight excluding hydrogens is 346 g/mol. The highest BCUT2D eigenvalue weighted by molar-refractivity contribution is 6.31. The lowest BCUT2D eigenvalue weighted by Crippen LogP contribution is -2.14. The van der Waals surface area contributed by atoms with Crippen molar-refractivity contribution < 1.29 is 4.79 Å².